The van der Waals surface area contributed by atoms with Crippen molar-refractivity contribution in [3.05, 3.63) is 48.4 Å². The molecule has 0 aliphatic carbocycles. The minimum Gasteiger partial charge on any atom is -0.494 e. The molecule has 2 aliphatic rings. The summed E-state index contributed by atoms with van der Waals surface area (Å²) in [4.78, 5) is 40.0. The lowest BCUT2D eigenvalue weighted by Crippen LogP contribution is -2.48. The van der Waals surface area contributed by atoms with Gasteiger partial charge < -0.3 is 39.7 Å². The zero-order valence-corrected chi connectivity index (χ0v) is 25.6. The van der Waals surface area contributed by atoms with Crippen molar-refractivity contribution in [3.63, 3.8) is 0 Å². The van der Waals surface area contributed by atoms with Crippen LogP contribution in [0.5, 0.6) is 11.5 Å². The van der Waals surface area contributed by atoms with E-state index in [4.69, 9.17) is 9.47 Å². The monoisotopic (exact) mass is 606 g/mol. The number of nitrogens with one attached hydrogen (secondary N) is 2. The molecule has 2 aromatic carbocycles. The quantitative estimate of drug-likeness (QED) is 0.372. The summed E-state index contributed by atoms with van der Waals surface area (Å²) < 4.78 is 26.5. The van der Waals surface area contributed by atoms with Crippen LogP contribution in [0.3, 0.4) is 0 Å². The Balaban J connectivity index is 1.30. The van der Waals surface area contributed by atoms with Crippen molar-refractivity contribution >= 4 is 46.3 Å². The summed E-state index contributed by atoms with van der Waals surface area (Å²) in [5.41, 5.74) is 3.13. The zero-order valence-electron chi connectivity index (χ0n) is 25.6. The number of nitrogens with zero attached hydrogens (tertiary/aromatic N) is 6. The van der Waals surface area contributed by atoms with E-state index in [0.717, 1.165) is 30.7 Å². The molecule has 234 valence electrons. The molecule has 2 fully saturated rings. The molecule has 0 saturated carbocycles. The zero-order chi connectivity index (χ0) is 31.2. The summed E-state index contributed by atoms with van der Waals surface area (Å²) in [5.74, 6) is 0.871. The van der Waals surface area contributed by atoms with Crippen molar-refractivity contribution in [2.45, 2.75) is 20.8 Å². The number of amides is 2. The van der Waals surface area contributed by atoms with E-state index in [-0.39, 0.29) is 23.6 Å². The Kier molecular flexibility index (Phi) is 9.51. The number of carbonyl (C=O) groups excluding carboxylic acids is 2. The Morgan fingerprint density at radius 2 is 1.34 bits per heavy atom. The summed E-state index contributed by atoms with van der Waals surface area (Å²) >= 11 is 0. The lowest BCUT2D eigenvalue weighted by molar-refractivity contribution is -0.129. The Bertz CT molecular complexity index is 1490. The second-order valence-corrected chi connectivity index (χ2v) is 10.6. The average molecular weight is 607 g/mol. The molecule has 44 heavy (non-hydrogen) atoms. The van der Waals surface area contributed by atoms with E-state index in [2.05, 4.69) is 30.4 Å². The number of benzene rings is 2. The van der Waals surface area contributed by atoms with Crippen LogP contribution in [-0.2, 0) is 9.59 Å². The molecule has 12 nitrogen and oxygen atoms in total. The third-order valence-electron chi connectivity index (χ3n) is 7.87. The molecular weight excluding hydrogens is 567 g/mol. The van der Waals surface area contributed by atoms with Crippen molar-refractivity contribution in [1.82, 2.24) is 19.8 Å². The molecule has 5 rings (SSSR count). The van der Waals surface area contributed by atoms with E-state index >= 15 is 0 Å². The van der Waals surface area contributed by atoms with E-state index in [9.17, 15) is 14.0 Å². The number of anilines is 6. The highest BCUT2D eigenvalue weighted by Crippen LogP contribution is 2.35. The first-order chi connectivity index (χ1) is 21.2. The predicted molar refractivity (Wildman–Crippen MR) is 168 cm³/mol. The predicted octanol–water partition coefficient (Wildman–Crippen LogP) is 3.85. The molecule has 13 heteroatoms. The number of aromatic nitrogens is 2. The number of rotatable bonds is 9. The van der Waals surface area contributed by atoms with Crippen LogP contribution < -0.4 is 29.9 Å². The summed E-state index contributed by atoms with van der Waals surface area (Å²) in [5, 5.41) is 6.21. The van der Waals surface area contributed by atoms with Gasteiger partial charge in [-0.15, -0.1) is 0 Å². The van der Waals surface area contributed by atoms with Gasteiger partial charge in [0.25, 0.3) is 0 Å². The normalized spacial score (nSPS) is 15.2. The van der Waals surface area contributed by atoms with Crippen LogP contribution in [0.15, 0.2) is 42.6 Å². The highest BCUT2D eigenvalue weighted by atomic mass is 19.1. The van der Waals surface area contributed by atoms with E-state index in [1.54, 1.807) is 21.0 Å². The van der Waals surface area contributed by atoms with Gasteiger partial charge in [0, 0.05) is 89.7 Å². The van der Waals surface area contributed by atoms with Gasteiger partial charge in [-0.1, -0.05) is 0 Å². The highest BCUT2D eigenvalue weighted by molar-refractivity contribution is 5.75. The second kappa shape index (κ2) is 13.7. The lowest BCUT2D eigenvalue weighted by Gasteiger charge is -2.35. The van der Waals surface area contributed by atoms with Gasteiger partial charge in [0.2, 0.25) is 17.8 Å². The summed E-state index contributed by atoms with van der Waals surface area (Å²) in [6.07, 6.45) is 1.11. The van der Waals surface area contributed by atoms with Gasteiger partial charge in [-0.2, -0.15) is 4.98 Å². The molecule has 2 amide bonds. The van der Waals surface area contributed by atoms with Crippen LogP contribution in [0.2, 0.25) is 0 Å². The largest absolute Gasteiger partial charge is 0.494 e. The lowest BCUT2D eigenvalue weighted by atomic mass is 10.2. The maximum atomic E-state index is 14.9. The molecule has 2 aliphatic heterocycles. The Labute approximate surface area is 256 Å². The first-order valence-corrected chi connectivity index (χ1v) is 14.8. The highest BCUT2D eigenvalue weighted by Gasteiger charge is 2.22. The van der Waals surface area contributed by atoms with Crippen LogP contribution >= 0.6 is 0 Å². The molecule has 3 aromatic rings. The topological polar surface area (TPSA) is 115 Å². The molecule has 0 spiro atoms. The van der Waals surface area contributed by atoms with Gasteiger partial charge in [0.05, 0.1) is 31.3 Å². The van der Waals surface area contributed by atoms with E-state index in [1.807, 2.05) is 53.1 Å². The van der Waals surface area contributed by atoms with Crippen LogP contribution in [-0.4, -0.2) is 97.7 Å². The average Bonchev–Trinajstić information content (AvgIpc) is 3.03. The molecule has 0 bridgehead atoms. The van der Waals surface area contributed by atoms with E-state index < -0.39 is 5.82 Å². The molecule has 0 radical (unpaired) electrons. The standard InChI is InChI=1S/C31H39FN8O4/c1-5-44-29-19-24(40-16-12-38(13-17-40)22(3)42)7-9-27(29)34-30-25(32)20-33-31(36-30)35-26-8-6-23(18-28(26)43-4)39-14-10-37(11-15-39)21(2)41/h6-9,18-20H,5,10-17H2,1-4H3,(H2,33,34,35,36). The second-order valence-electron chi connectivity index (χ2n) is 10.6. The van der Waals surface area contributed by atoms with E-state index in [1.165, 1.54) is 0 Å². The number of hydrogen-bond acceptors (Lipinski definition) is 10. The van der Waals surface area contributed by atoms with Crippen molar-refractivity contribution in [2.75, 3.05) is 86.5 Å². The molecule has 2 N–H and O–H groups in total. The van der Waals surface area contributed by atoms with Crippen LogP contribution in [0, 0.1) is 5.82 Å². The fourth-order valence-electron chi connectivity index (χ4n) is 5.39. The first kappa shape index (κ1) is 30.6. The maximum absolute atomic E-state index is 14.9. The Morgan fingerprint density at radius 3 is 1.84 bits per heavy atom. The van der Waals surface area contributed by atoms with Crippen LogP contribution in [0.25, 0.3) is 0 Å². The first-order valence-electron chi connectivity index (χ1n) is 14.8. The number of carbonyl (C=O) groups is 2. The fraction of sp³-hybridized carbons (Fsp3) is 0.419. The molecule has 3 heterocycles. The number of ether oxygens (including phenoxy) is 2. The Hall–Kier alpha value is -4.81. The van der Waals surface area contributed by atoms with Crippen LogP contribution in [0.4, 0.5) is 38.9 Å². The third-order valence-corrected chi connectivity index (χ3v) is 7.87. The van der Waals surface area contributed by atoms with Crippen molar-refractivity contribution < 1.29 is 23.5 Å². The smallest absolute Gasteiger partial charge is 0.229 e. The van der Waals surface area contributed by atoms with Gasteiger partial charge in [-0.25, -0.2) is 9.37 Å². The van der Waals surface area contributed by atoms with Gasteiger partial charge in [0.15, 0.2) is 11.6 Å². The van der Waals surface area contributed by atoms with Gasteiger partial charge in [0.1, 0.15) is 11.5 Å². The molecule has 2 saturated heterocycles. The van der Waals surface area contributed by atoms with Crippen molar-refractivity contribution in [2.24, 2.45) is 0 Å². The van der Waals surface area contributed by atoms with Gasteiger partial charge >= 0.3 is 0 Å². The molecule has 1 aromatic heterocycles. The van der Waals surface area contributed by atoms with Gasteiger partial charge in [-0.05, 0) is 31.2 Å². The SMILES string of the molecule is CCOc1cc(N2CCN(C(C)=O)CC2)ccc1Nc1nc(Nc2ccc(N3CCN(C(C)=O)CC3)cc2OC)ncc1F. The molecular formula is C31H39FN8O4. The van der Waals surface area contributed by atoms with E-state index in [0.29, 0.717) is 68.7 Å². The minimum absolute atomic E-state index is 0.00907. The summed E-state index contributed by atoms with van der Waals surface area (Å²) in [6, 6.07) is 11.5. The minimum atomic E-state index is -0.616. The van der Waals surface area contributed by atoms with Crippen molar-refractivity contribution in [3.8, 4) is 11.5 Å². The maximum Gasteiger partial charge on any atom is 0.229 e. The Morgan fingerprint density at radius 1 is 0.818 bits per heavy atom. The van der Waals surface area contributed by atoms with Crippen molar-refractivity contribution in [1.29, 1.82) is 0 Å². The number of methoxy groups -OCH3 is 1. The van der Waals surface area contributed by atoms with Gasteiger partial charge in [-0.3, -0.25) is 9.59 Å². The summed E-state index contributed by atoms with van der Waals surface area (Å²) in [7, 11) is 1.58. The molecule has 0 atom stereocenters. The molecule has 0 unspecified atom stereocenters. The fourth-order valence-corrected chi connectivity index (χ4v) is 5.39. The third kappa shape index (κ3) is 7.04. The number of halogens is 1. The summed E-state index contributed by atoms with van der Waals surface area (Å²) in [6.45, 7) is 11.0. The van der Waals surface area contributed by atoms with Crippen LogP contribution in [0.1, 0.15) is 20.8 Å². The number of piperazine rings is 2. The number of hydrogen-bond donors (Lipinski definition) is 2.